The molecule has 0 bridgehead atoms. The maximum atomic E-state index is 6.61. The van der Waals surface area contributed by atoms with E-state index in [1.165, 1.54) is 0 Å². The SMILES string of the molecule is CC(c1ccc2c(n1)OCCO2)N1CCC(O[Si](C)(C)C(C)(C)C)CC1. The molecule has 1 aromatic heterocycles. The molecule has 2 aliphatic rings. The van der Waals surface area contributed by atoms with Crippen molar-refractivity contribution in [3.63, 3.8) is 0 Å². The van der Waals surface area contributed by atoms with Crippen LogP contribution in [0.4, 0.5) is 0 Å². The molecule has 0 radical (unpaired) electrons. The monoisotopic (exact) mass is 378 g/mol. The Hall–Kier alpha value is -1.11. The van der Waals surface area contributed by atoms with Crippen LogP contribution in [-0.2, 0) is 4.43 Å². The maximum absolute atomic E-state index is 6.61. The Bertz CT molecular complexity index is 622. The van der Waals surface area contributed by atoms with Gasteiger partial charge in [-0.1, -0.05) is 20.8 Å². The van der Waals surface area contributed by atoms with Crippen molar-refractivity contribution < 1.29 is 13.9 Å². The third-order valence-electron chi connectivity index (χ3n) is 6.15. The van der Waals surface area contributed by atoms with E-state index in [-0.39, 0.29) is 11.1 Å². The quantitative estimate of drug-likeness (QED) is 0.727. The molecule has 2 aliphatic heterocycles. The molecule has 1 atom stereocenters. The van der Waals surface area contributed by atoms with Crippen LogP contribution in [0, 0.1) is 0 Å². The molecule has 146 valence electrons. The number of aromatic nitrogens is 1. The molecule has 1 unspecified atom stereocenters. The average Bonchev–Trinajstić information content (AvgIpc) is 2.60. The van der Waals surface area contributed by atoms with Crippen LogP contribution in [-0.4, -0.2) is 50.6 Å². The van der Waals surface area contributed by atoms with Gasteiger partial charge < -0.3 is 13.9 Å². The van der Waals surface area contributed by atoms with Gasteiger partial charge in [0, 0.05) is 25.2 Å². The molecule has 6 heteroatoms. The van der Waals surface area contributed by atoms with Crippen molar-refractivity contribution in [3.05, 3.63) is 17.8 Å². The van der Waals surface area contributed by atoms with Gasteiger partial charge in [0.15, 0.2) is 14.1 Å². The van der Waals surface area contributed by atoms with Gasteiger partial charge in [-0.15, -0.1) is 0 Å². The molecular formula is C20H34N2O3Si. The van der Waals surface area contributed by atoms with Crippen LogP contribution in [0.2, 0.25) is 18.1 Å². The molecule has 0 spiro atoms. The highest BCUT2D eigenvalue weighted by Crippen LogP contribution is 2.39. The number of piperidine rings is 1. The Kier molecular flexibility index (Phi) is 5.65. The molecule has 1 aromatic rings. The molecule has 0 saturated carbocycles. The fourth-order valence-electron chi connectivity index (χ4n) is 3.34. The third-order valence-corrected chi connectivity index (χ3v) is 10.7. The minimum atomic E-state index is -1.68. The molecule has 0 N–H and O–H groups in total. The van der Waals surface area contributed by atoms with Gasteiger partial charge in [-0.25, -0.2) is 4.98 Å². The first-order chi connectivity index (χ1) is 12.2. The largest absolute Gasteiger partial charge is 0.484 e. The summed E-state index contributed by atoms with van der Waals surface area (Å²) in [5.74, 6) is 1.39. The lowest BCUT2D eigenvalue weighted by atomic mass is 10.0. The lowest BCUT2D eigenvalue weighted by molar-refractivity contribution is 0.0695. The minimum Gasteiger partial charge on any atom is -0.484 e. The van der Waals surface area contributed by atoms with Gasteiger partial charge in [-0.3, -0.25) is 4.90 Å². The summed E-state index contributed by atoms with van der Waals surface area (Å²) in [5, 5.41) is 0.270. The van der Waals surface area contributed by atoms with Crippen molar-refractivity contribution >= 4 is 8.32 Å². The fraction of sp³-hybridized carbons (Fsp3) is 0.750. The fourth-order valence-corrected chi connectivity index (χ4v) is 4.76. The summed E-state index contributed by atoms with van der Waals surface area (Å²) in [6.45, 7) is 17.1. The number of pyridine rings is 1. The van der Waals surface area contributed by atoms with E-state index in [0.29, 0.717) is 25.2 Å². The second kappa shape index (κ2) is 7.48. The normalized spacial score (nSPS) is 20.8. The van der Waals surface area contributed by atoms with E-state index in [1.54, 1.807) is 0 Å². The first-order valence-corrected chi connectivity index (χ1v) is 12.8. The van der Waals surface area contributed by atoms with E-state index < -0.39 is 8.32 Å². The van der Waals surface area contributed by atoms with Crippen molar-refractivity contribution in [2.45, 2.75) is 70.8 Å². The van der Waals surface area contributed by atoms with Gasteiger partial charge in [0.1, 0.15) is 13.2 Å². The first-order valence-electron chi connectivity index (χ1n) is 9.86. The number of fused-ring (bicyclic) bond motifs is 1. The van der Waals surface area contributed by atoms with E-state index in [9.17, 15) is 0 Å². The third kappa shape index (κ3) is 4.23. The molecule has 1 fully saturated rings. The summed E-state index contributed by atoms with van der Waals surface area (Å²) in [6.07, 6.45) is 2.59. The van der Waals surface area contributed by atoms with Crippen LogP contribution in [0.15, 0.2) is 12.1 Å². The Morgan fingerprint density at radius 3 is 2.46 bits per heavy atom. The Labute approximate surface area is 159 Å². The van der Waals surface area contributed by atoms with E-state index in [2.05, 4.69) is 56.7 Å². The van der Waals surface area contributed by atoms with Gasteiger partial charge in [0.05, 0.1) is 5.69 Å². The van der Waals surface area contributed by atoms with Crippen molar-refractivity contribution in [2.24, 2.45) is 0 Å². The van der Waals surface area contributed by atoms with Crippen LogP contribution in [0.25, 0.3) is 0 Å². The van der Waals surface area contributed by atoms with Crippen molar-refractivity contribution in [1.29, 1.82) is 0 Å². The van der Waals surface area contributed by atoms with Gasteiger partial charge in [-0.05, 0) is 50.0 Å². The van der Waals surface area contributed by atoms with Gasteiger partial charge in [0.2, 0.25) is 0 Å². The first kappa shape index (κ1) is 19.6. The zero-order chi connectivity index (χ0) is 18.9. The predicted octanol–water partition coefficient (Wildman–Crippen LogP) is 4.40. The van der Waals surface area contributed by atoms with E-state index >= 15 is 0 Å². The zero-order valence-electron chi connectivity index (χ0n) is 17.2. The van der Waals surface area contributed by atoms with Crippen LogP contribution >= 0.6 is 0 Å². The van der Waals surface area contributed by atoms with E-state index in [1.807, 2.05) is 6.07 Å². The predicted molar refractivity (Wildman–Crippen MR) is 107 cm³/mol. The highest BCUT2D eigenvalue weighted by atomic mass is 28.4. The second-order valence-electron chi connectivity index (χ2n) is 9.03. The Balaban J connectivity index is 1.58. The smallest absolute Gasteiger partial charge is 0.257 e. The van der Waals surface area contributed by atoms with Crippen LogP contribution < -0.4 is 9.47 Å². The summed E-state index contributed by atoms with van der Waals surface area (Å²) in [7, 11) is -1.68. The highest BCUT2D eigenvalue weighted by Gasteiger charge is 2.40. The average molecular weight is 379 g/mol. The van der Waals surface area contributed by atoms with Crippen LogP contribution in [0.5, 0.6) is 11.6 Å². The molecule has 3 rings (SSSR count). The summed E-state index contributed by atoms with van der Waals surface area (Å²) < 4.78 is 17.8. The Morgan fingerprint density at radius 2 is 1.81 bits per heavy atom. The molecule has 5 nitrogen and oxygen atoms in total. The molecule has 0 amide bonds. The Morgan fingerprint density at radius 1 is 1.15 bits per heavy atom. The molecular weight excluding hydrogens is 344 g/mol. The molecule has 0 aromatic carbocycles. The molecule has 0 aliphatic carbocycles. The van der Waals surface area contributed by atoms with Crippen LogP contribution in [0.1, 0.15) is 52.3 Å². The highest BCUT2D eigenvalue weighted by molar-refractivity contribution is 6.74. The lowest BCUT2D eigenvalue weighted by Gasteiger charge is -2.43. The number of ether oxygens (including phenoxy) is 2. The molecule has 1 saturated heterocycles. The standard InChI is InChI=1S/C20H34N2O3Si/c1-15(17-7-8-18-19(21-17)24-14-13-23-18)22-11-9-16(10-12-22)25-26(5,6)20(2,3)4/h7-8,15-16H,9-14H2,1-6H3. The summed E-state index contributed by atoms with van der Waals surface area (Å²) in [5.41, 5.74) is 1.05. The minimum absolute atomic E-state index is 0.270. The molecule has 3 heterocycles. The van der Waals surface area contributed by atoms with Gasteiger partial charge in [0.25, 0.3) is 5.88 Å². The van der Waals surface area contributed by atoms with Crippen molar-refractivity contribution in [2.75, 3.05) is 26.3 Å². The van der Waals surface area contributed by atoms with Crippen molar-refractivity contribution in [1.82, 2.24) is 9.88 Å². The maximum Gasteiger partial charge on any atom is 0.257 e. The van der Waals surface area contributed by atoms with Crippen molar-refractivity contribution in [3.8, 4) is 11.6 Å². The second-order valence-corrected chi connectivity index (χ2v) is 13.8. The van der Waals surface area contributed by atoms with Gasteiger partial charge in [-0.2, -0.15) is 0 Å². The number of rotatable bonds is 4. The number of likely N-dealkylation sites (tertiary alicyclic amines) is 1. The zero-order valence-corrected chi connectivity index (χ0v) is 18.2. The lowest BCUT2D eigenvalue weighted by Crippen LogP contribution is -2.47. The van der Waals surface area contributed by atoms with Crippen LogP contribution in [0.3, 0.4) is 0 Å². The molecule has 26 heavy (non-hydrogen) atoms. The summed E-state index contributed by atoms with van der Waals surface area (Å²) in [4.78, 5) is 7.19. The van der Waals surface area contributed by atoms with Gasteiger partial charge >= 0.3 is 0 Å². The number of hydrogen-bond acceptors (Lipinski definition) is 5. The number of hydrogen-bond donors (Lipinski definition) is 0. The van der Waals surface area contributed by atoms with E-state index in [4.69, 9.17) is 13.9 Å². The topological polar surface area (TPSA) is 43.8 Å². The number of nitrogens with zero attached hydrogens (tertiary/aromatic N) is 2. The summed E-state index contributed by atoms with van der Waals surface area (Å²) in [6, 6.07) is 4.33. The van der Waals surface area contributed by atoms with E-state index in [0.717, 1.165) is 37.4 Å². The summed E-state index contributed by atoms with van der Waals surface area (Å²) >= 11 is 0.